The van der Waals surface area contributed by atoms with Crippen molar-refractivity contribution >= 4 is 11.8 Å². The van der Waals surface area contributed by atoms with Gasteiger partial charge in [-0.1, -0.05) is 6.92 Å². The fraction of sp³-hybridized carbons (Fsp3) is 1.00. The summed E-state index contributed by atoms with van der Waals surface area (Å²) in [4.78, 5) is 2.73. The number of ether oxygens (including phenoxy) is 1. The van der Waals surface area contributed by atoms with Gasteiger partial charge in [-0.2, -0.15) is 11.8 Å². The molecule has 3 heterocycles. The van der Waals surface area contributed by atoms with Gasteiger partial charge in [0.25, 0.3) is 0 Å². The number of thioether (sulfide) groups is 1. The molecule has 3 rings (SSSR count). The van der Waals surface area contributed by atoms with Crippen molar-refractivity contribution in [3.05, 3.63) is 0 Å². The van der Waals surface area contributed by atoms with Crippen LogP contribution in [0.15, 0.2) is 0 Å². The van der Waals surface area contributed by atoms with Crippen LogP contribution in [0.1, 0.15) is 45.4 Å². The molecule has 4 heteroatoms. The van der Waals surface area contributed by atoms with Crippen molar-refractivity contribution in [1.82, 2.24) is 10.2 Å². The highest BCUT2D eigenvalue weighted by molar-refractivity contribution is 7.99. The summed E-state index contributed by atoms with van der Waals surface area (Å²) in [5.41, 5.74) is 0.227. The van der Waals surface area contributed by atoms with E-state index >= 15 is 0 Å². The first-order valence-electron chi connectivity index (χ1n) is 8.50. The molecule has 3 aliphatic heterocycles. The third-order valence-electron chi connectivity index (χ3n) is 5.41. The molecule has 1 spiro atoms. The third-order valence-corrected chi connectivity index (χ3v) is 6.40. The topological polar surface area (TPSA) is 24.5 Å². The van der Waals surface area contributed by atoms with Crippen molar-refractivity contribution < 1.29 is 4.74 Å². The van der Waals surface area contributed by atoms with Gasteiger partial charge in [-0.05, 0) is 63.1 Å². The van der Waals surface area contributed by atoms with Gasteiger partial charge < -0.3 is 10.1 Å². The Morgan fingerprint density at radius 3 is 2.85 bits per heavy atom. The fourth-order valence-electron chi connectivity index (χ4n) is 4.14. The molecule has 3 aliphatic rings. The van der Waals surface area contributed by atoms with Crippen LogP contribution in [0.5, 0.6) is 0 Å². The zero-order valence-electron chi connectivity index (χ0n) is 12.9. The van der Waals surface area contributed by atoms with Crippen molar-refractivity contribution in [3.63, 3.8) is 0 Å². The second-order valence-corrected chi connectivity index (χ2v) is 7.90. The lowest BCUT2D eigenvalue weighted by molar-refractivity contribution is -0.110. The van der Waals surface area contributed by atoms with E-state index in [4.69, 9.17) is 4.74 Å². The fourth-order valence-corrected chi connectivity index (χ4v) is 5.37. The maximum atomic E-state index is 6.25. The second-order valence-electron chi connectivity index (χ2n) is 6.67. The Morgan fingerprint density at radius 2 is 2.15 bits per heavy atom. The van der Waals surface area contributed by atoms with E-state index in [9.17, 15) is 0 Å². The molecule has 0 radical (unpaired) electrons. The average Bonchev–Trinajstić information content (AvgIpc) is 2.98. The Hall–Kier alpha value is 0.230. The molecule has 1 N–H and O–H groups in total. The highest BCUT2D eigenvalue weighted by Crippen LogP contribution is 2.38. The van der Waals surface area contributed by atoms with Crippen molar-refractivity contribution in [3.8, 4) is 0 Å². The lowest BCUT2D eigenvalue weighted by Gasteiger charge is -2.46. The molecular formula is C16H30N2OS. The molecule has 0 aromatic heterocycles. The first-order valence-corrected chi connectivity index (χ1v) is 9.66. The standard InChI is InChI=1S/C16H30N2OS/c1-2-18(13-14-4-3-8-17-14)15-5-9-19-16(12-15)6-10-20-11-7-16/h14-15,17H,2-13H2,1H3. The van der Waals surface area contributed by atoms with Crippen LogP contribution in [-0.4, -0.2) is 60.3 Å². The minimum atomic E-state index is 0.227. The molecule has 2 atom stereocenters. The maximum absolute atomic E-state index is 6.25. The van der Waals surface area contributed by atoms with E-state index in [-0.39, 0.29) is 5.60 Å². The Balaban J connectivity index is 1.58. The number of rotatable bonds is 4. The van der Waals surface area contributed by atoms with Crippen LogP contribution in [0.25, 0.3) is 0 Å². The number of hydrogen-bond donors (Lipinski definition) is 1. The smallest absolute Gasteiger partial charge is 0.0713 e. The summed E-state index contributed by atoms with van der Waals surface area (Å²) in [5.74, 6) is 2.59. The quantitative estimate of drug-likeness (QED) is 0.862. The number of likely N-dealkylation sites (N-methyl/N-ethyl adjacent to an activating group) is 1. The minimum absolute atomic E-state index is 0.227. The molecule has 0 aliphatic carbocycles. The summed E-state index contributed by atoms with van der Waals surface area (Å²) in [6.45, 7) is 6.95. The third kappa shape index (κ3) is 3.52. The monoisotopic (exact) mass is 298 g/mol. The molecule has 0 aromatic carbocycles. The van der Waals surface area contributed by atoms with Crippen LogP contribution >= 0.6 is 11.8 Å². The van der Waals surface area contributed by atoms with E-state index in [0.717, 1.165) is 18.7 Å². The molecule has 3 fully saturated rings. The van der Waals surface area contributed by atoms with Crippen molar-refractivity contribution in [2.45, 2.75) is 63.1 Å². The first kappa shape index (κ1) is 15.1. The van der Waals surface area contributed by atoms with Gasteiger partial charge in [0.15, 0.2) is 0 Å². The predicted molar refractivity (Wildman–Crippen MR) is 86.5 cm³/mol. The number of hydrogen-bond acceptors (Lipinski definition) is 4. The summed E-state index contributed by atoms with van der Waals surface area (Å²) in [6, 6.07) is 1.48. The van der Waals surface area contributed by atoms with Crippen LogP contribution in [0.4, 0.5) is 0 Å². The molecular weight excluding hydrogens is 268 g/mol. The lowest BCUT2D eigenvalue weighted by atomic mass is 9.84. The normalized spacial score (nSPS) is 33.9. The first-order chi connectivity index (χ1) is 9.81. The maximum Gasteiger partial charge on any atom is 0.0713 e. The van der Waals surface area contributed by atoms with Gasteiger partial charge in [-0.3, -0.25) is 4.90 Å². The largest absolute Gasteiger partial charge is 0.375 e. The number of nitrogens with one attached hydrogen (secondary N) is 1. The summed E-state index contributed by atoms with van der Waals surface area (Å²) < 4.78 is 6.25. The summed E-state index contributed by atoms with van der Waals surface area (Å²) >= 11 is 2.10. The van der Waals surface area contributed by atoms with E-state index in [0.29, 0.717) is 0 Å². The highest BCUT2D eigenvalue weighted by atomic mass is 32.2. The molecule has 20 heavy (non-hydrogen) atoms. The Labute approximate surface area is 128 Å². The van der Waals surface area contributed by atoms with Gasteiger partial charge in [-0.15, -0.1) is 0 Å². The summed E-state index contributed by atoms with van der Waals surface area (Å²) in [5, 5.41) is 3.66. The zero-order chi connectivity index (χ0) is 13.8. The molecule has 3 saturated heterocycles. The molecule has 3 nitrogen and oxygen atoms in total. The van der Waals surface area contributed by atoms with Gasteiger partial charge in [0.05, 0.1) is 5.60 Å². The minimum Gasteiger partial charge on any atom is -0.375 e. The van der Waals surface area contributed by atoms with E-state index < -0.39 is 0 Å². The molecule has 116 valence electrons. The summed E-state index contributed by atoms with van der Waals surface area (Å²) in [7, 11) is 0. The van der Waals surface area contributed by atoms with E-state index in [1.165, 1.54) is 69.7 Å². The highest BCUT2D eigenvalue weighted by Gasteiger charge is 2.40. The average molecular weight is 298 g/mol. The van der Waals surface area contributed by atoms with Gasteiger partial charge in [0.1, 0.15) is 0 Å². The molecule has 0 saturated carbocycles. The zero-order valence-corrected chi connectivity index (χ0v) is 13.7. The predicted octanol–water partition coefficient (Wildman–Crippen LogP) is 2.51. The number of nitrogens with zero attached hydrogens (tertiary/aromatic N) is 1. The molecule has 0 amide bonds. The van der Waals surface area contributed by atoms with Crippen LogP contribution in [0, 0.1) is 0 Å². The Kier molecular flexibility index (Phi) is 5.29. The van der Waals surface area contributed by atoms with Crippen LogP contribution in [0.2, 0.25) is 0 Å². The van der Waals surface area contributed by atoms with Gasteiger partial charge in [-0.25, -0.2) is 0 Å². The second kappa shape index (κ2) is 6.99. The van der Waals surface area contributed by atoms with E-state index in [1.807, 2.05) is 0 Å². The SMILES string of the molecule is CCN(CC1CCCN1)C1CCOC2(CCSCC2)C1. The van der Waals surface area contributed by atoms with E-state index in [1.54, 1.807) is 0 Å². The van der Waals surface area contributed by atoms with Crippen molar-refractivity contribution in [1.29, 1.82) is 0 Å². The van der Waals surface area contributed by atoms with Crippen LogP contribution < -0.4 is 5.32 Å². The van der Waals surface area contributed by atoms with E-state index in [2.05, 4.69) is 28.9 Å². The van der Waals surface area contributed by atoms with Gasteiger partial charge >= 0.3 is 0 Å². The molecule has 0 aromatic rings. The molecule has 2 unspecified atom stereocenters. The van der Waals surface area contributed by atoms with Gasteiger partial charge in [0, 0.05) is 25.2 Å². The van der Waals surface area contributed by atoms with Crippen LogP contribution in [0.3, 0.4) is 0 Å². The Bertz CT molecular complexity index is 295. The lowest BCUT2D eigenvalue weighted by Crippen LogP contribution is -2.52. The van der Waals surface area contributed by atoms with Crippen LogP contribution in [-0.2, 0) is 4.74 Å². The summed E-state index contributed by atoms with van der Waals surface area (Å²) in [6.07, 6.45) is 7.77. The van der Waals surface area contributed by atoms with Crippen molar-refractivity contribution in [2.75, 3.05) is 37.7 Å². The molecule has 0 bridgehead atoms. The van der Waals surface area contributed by atoms with Gasteiger partial charge in [0.2, 0.25) is 0 Å². The van der Waals surface area contributed by atoms with Crippen molar-refractivity contribution in [2.24, 2.45) is 0 Å². The Morgan fingerprint density at radius 1 is 1.30 bits per heavy atom.